The molecule has 2 atom stereocenters. The molecule has 3 fully saturated rings. The number of likely N-dealkylation sites (tertiary alicyclic amines) is 1. The first-order chi connectivity index (χ1) is 9.11. The van der Waals surface area contributed by atoms with Crippen LogP contribution in [0.15, 0.2) is 0 Å². The Bertz CT molecular complexity index is 416. The van der Waals surface area contributed by atoms with Crippen LogP contribution in [0.2, 0.25) is 0 Å². The first kappa shape index (κ1) is 13.8. The minimum Gasteiger partial charge on any atom is -0.380 e. The lowest BCUT2D eigenvalue weighted by Crippen LogP contribution is -2.43. The van der Waals surface area contributed by atoms with Crippen LogP contribution in [-0.2, 0) is 14.8 Å². The lowest BCUT2D eigenvalue weighted by atomic mass is 10.2. The quantitative estimate of drug-likeness (QED) is 0.746. The van der Waals surface area contributed by atoms with Gasteiger partial charge in [0.2, 0.25) is 10.0 Å². The number of methoxy groups -OCH3 is 1. The van der Waals surface area contributed by atoms with Crippen molar-refractivity contribution in [1.29, 1.82) is 0 Å². The van der Waals surface area contributed by atoms with E-state index in [4.69, 9.17) is 4.74 Å². The molecule has 0 aromatic rings. The van der Waals surface area contributed by atoms with Crippen LogP contribution in [0.3, 0.4) is 0 Å². The molecule has 5 nitrogen and oxygen atoms in total. The maximum absolute atomic E-state index is 12.5. The number of hydrogen-bond acceptors (Lipinski definition) is 4. The van der Waals surface area contributed by atoms with E-state index in [0.29, 0.717) is 6.54 Å². The van der Waals surface area contributed by atoms with Gasteiger partial charge < -0.3 is 9.64 Å². The van der Waals surface area contributed by atoms with E-state index < -0.39 is 10.0 Å². The van der Waals surface area contributed by atoms with Crippen molar-refractivity contribution in [2.24, 2.45) is 0 Å². The predicted molar refractivity (Wildman–Crippen MR) is 73.5 cm³/mol. The summed E-state index contributed by atoms with van der Waals surface area (Å²) in [7, 11) is -1.39. The molecular weight excluding hydrogens is 264 g/mol. The summed E-state index contributed by atoms with van der Waals surface area (Å²) in [5.74, 6) is 0. The summed E-state index contributed by atoms with van der Waals surface area (Å²) < 4.78 is 32.1. The fourth-order valence-electron chi connectivity index (χ4n) is 3.31. The van der Waals surface area contributed by atoms with E-state index in [1.54, 1.807) is 11.4 Å². The van der Waals surface area contributed by atoms with Gasteiger partial charge in [-0.3, -0.25) is 0 Å². The maximum Gasteiger partial charge on any atom is 0.217 e. The van der Waals surface area contributed by atoms with Crippen LogP contribution in [0.25, 0.3) is 0 Å². The zero-order chi connectivity index (χ0) is 13.5. The highest BCUT2D eigenvalue weighted by Gasteiger charge is 2.47. The Hall–Kier alpha value is -0.170. The summed E-state index contributed by atoms with van der Waals surface area (Å²) in [4.78, 5) is 2.40. The Kier molecular flexibility index (Phi) is 3.86. The van der Waals surface area contributed by atoms with E-state index in [9.17, 15) is 8.42 Å². The van der Waals surface area contributed by atoms with Gasteiger partial charge in [-0.1, -0.05) is 0 Å². The molecule has 19 heavy (non-hydrogen) atoms. The second-order valence-electron chi connectivity index (χ2n) is 6.07. The Morgan fingerprint density at radius 3 is 2.47 bits per heavy atom. The van der Waals surface area contributed by atoms with Crippen LogP contribution in [-0.4, -0.2) is 68.3 Å². The number of ether oxygens (including phenoxy) is 1. The Morgan fingerprint density at radius 2 is 1.89 bits per heavy atom. The molecule has 0 spiro atoms. The highest BCUT2D eigenvalue weighted by atomic mass is 32.2. The summed E-state index contributed by atoms with van der Waals surface area (Å²) in [6.45, 7) is 3.66. The molecule has 0 unspecified atom stereocenters. The molecule has 0 aromatic heterocycles. The standard InChI is InChI=1S/C13H24N2O3S/c1-18-12-8-11(9-14-6-2-3-7-14)15(10-12)19(16,17)13-4-5-13/h11-13H,2-10H2,1H3/t11-,12-/m0/s1. The average Bonchev–Trinajstić information content (AvgIpc) is 2.99. The van der Waals surface area contributed by atoms with E-state index in [1.807, 2.05) is 0 Å². The zero-order valence-corrected chi connectivity index (χ0v) is 12.4. The molecule has 0 N–H and O–H groups in total. The van der Waals surface area contributed by atoms with Crippen molar-refractivity contribution in [2.45, 2.75) is 49.5 Å². The molecule has 0 bridgehead atoms. The monoisotopic (exact) mass is 288 g/mol. The Balaban J connectivity index is 1.71. The van der Waals surface area contributed by atoms with E-state index in [0.717, 1.165) is 38.9 Å². The van der Waals surface area contributed by atoms with Crippen LogP contribution in [0.4, 0.5) is 0 Å². The van der Waals surface area contributed by atoms with Gasteiger partial charge in [0.25, 0.3) is 0 Å². The maximum atomic E-state index is 12.5. The summed E-state index contributed by atoms with van der Waals surface area (Å²) in [5.41, 5.74) is 0. The summed E-state index contributed by atoms with van der Waals surface area (Å²) in [5, 5.41) is -0.107. The smallest absolute Gasteiger partial charge is 0.217 e. The third kappa shape index (κ3) is 2.82. The topological polar surface area (TPSA) is 49.9 Å². The van der Waals surface area contributed by atoms with Crippen LogP contribution < -0.4 is 0 Å². The molecule has 1 aliphatic carbocycles. The van der Waals surface area contributed by atoms with E-state index in [-0.39, 0.29) is 17.4 Å². The second-order valence-corrected chi connectivity index (χ2v) is 8.23. The fraction of sp³-hybridized carbons (Fsp3) is 1.00. The molecule has 1 saturated carbocycles. The van der Waals surface area contributed by atoms with Gasteiger partial charge in [0.1, 0.15) is 0 Å². The van der Waals surface area contributed by atoms with E-state index >= 15 is 0 Å². The molecular formula is C13H24N2O3S. The second kappa shape index (κ2) is 5.31. The van der Waals surface area contributed by atoms with Gasteiger partial charge in [-0.15, -0.1) is 0 Å². The summed E-state index contributed by atoms with van der Waals surface area (Å²) >= 11 is 0. The first-order valence-corrected chi connectivity index (χ1v) is 8.87. The van der Waals surface area contributed by atoms with Crippen molar-refractivity contribution >= 4 is 10.0 Å². The highest BCUT2D eigenvalue weighted by molar-refractivity contribution is 7.90. The molecule has 2 heterocycles. The van der Waals surface area contributed by atoms with Crippen molar-refractivity contribution < 1.29 is 13.2 Å². The van der Waals surface area contributed by atoms with Gasteiger partial charge in [0, 0.05) is 26.2 Å². The molecule has 110 valence electrons. The third-order valence-electron chi connectivity index (χ3n) is 4.60. The molecule has 2 saturated heterocycles. The minimum absolute atomic E-state index is 0.0705. The summed E-state index contributed by atoms with van der Waals surface area (Å²) in [6, 6.07) is 0.119. The molecule has 0 radical (unpaired) electrons. The van der Waals surface area contributed by atoms with Crippen molar-refractivity contribution in [1.82, 2.24) is 9.21 Å². The molecule has 0 amide bonds. The van der Waals surface area contributed by atoms with E-state index in [2.05, 4.69) is 4.90 Å². The van der Waals surface area contributed by atoms with E-state index in [1.165, 1.54) is 12.8 Å². The molecule has 3 rings (SSSR count). The van der Waals surface area contributed by atoms with Crippen molar-refractivity contribution in [3.8, 4) is 0 Å². The van der Waals surface area contributed by atoms with Crippen LogP contribution >= 0.6 is 0 Å². The fourth-order valence-corrected chi connectivity index (χ4v) is 5.37. The van der Waals surface area contributed by atoms with Crippen molar-refractivity contribution in [3.05, 3.63) is 0 Å². The highest BCUT2D eigenvalue weighted by Crippen LogP contribution is 2.35. The lowest BCUT2D eigenvalue weighted by Gasteiger charge is -2.27. The number of nitrogens with zero attached hydrogens (tertiary/aromatic N) is 2. The Labute approximate surface area is 115 Å². The van der Waals surface area contributed by atoms with Crippen LogP contribution in [0.1, 0.15) is 32.1 Å². The van der Waals surface area contributed by atoms with Gasteiger partial charge in [-0.2, -0.15) is 4.31 Å². The van der Waals surface area contributed by atoms with Gasteiger partial charge in [0.05, 0.1) is 11.4 Å². The Morgan fingerprint density at radius 1 is 1.21 bits per heavy atom. The SMILES string of the molecule is CO[C@H]1C[C@@H](CN2CCCC2)N(S(=O)(=O)C2CC2)C1. The number of sulfonamides is 1. The number of rotatable bonds is 5. The molecule has 6 heteroatoms. The minimum atomic E-state index is -3.07. The lowest BCUT2D eigenvalue weighted by molar-refractivity contribution is 0.113. The van der Waals surface area contributed by atoms with Crippen LogP contribution in [0, 0.1) is 0 Å². The average molecular weight is 288 g/mol. The normalized spacial score (nSPS) is 34.2. The molecule has 3 aliphatic rings. The van der Waals surface area contributed by atoms with Crippen molar-refractivity contribution in [2.75, 3.05) is 33.3 Å². The largest absolute Gasteiger partial charge is 0.380 e. The molecule has 0 aromatic carbocycles. The zero-order valence-electron chi connectivity index (χ0n) is 11.6. The third-order valence-corrected chi connectivity index (χ3v) is 7.01. The van der Waals surface area contributed by atoms with Gasteiger partial charge in [0.15, 0.2) is 0 Å². The molecule has 2 aliphatic heterocycles. The number of hydrogen-bond donors (Lipinski definition) is 0. The van der Waals surface area contributed by atoms with Gasteiger partial charge in [-0.05, 0) is 45.2 Å². The van der Waals surface area contributed by atoms with Crippen LogP contribution in [0.5, 0.6) is 0 Å². The summed E-state index contributed by atoms with van der Waals surface area (Å²) in [6.07, 6.45) is 5.09. The van der Waals surface area contributed by atoms with Gasteiger partial charge >= 0.3 is 0 Å². The first-order valence-electron chi connectivity index (χ1n) is 7.37. The van der Waals surface area contributed by atoms with Gasteiger partial charge in [-0.25, -0.2) is 8.42 Å². The van der Waals surface area contributed by atoms with Crippen molar-refractivity contribution in [3.63, 3.8) is 0 Å². The predicted octanol–water partition coefficient (Wildman–Crippen LogP) is 0.664.